The molecule has 7 nitrogen and oxygen atoms in total. The Bertz CT molecular complexity index is 699. The summed E-state index contributed by atoms with van der Waals surface area (Å²) < 4.78 is 5.10. The maximum atomic E-state index is 5.10. The molecule has 1 aliphatic carbocycles. The third kappa shape index (κ3) is 2.76. The molecule has 4 rings (SSSR count). The molecule has 0 unspecified atom stereocenters. The van der Waals surface area contributed by atoms with Crippen LogP contribution in [0, 0.1) is 0 Å². The summed E-state index contributed by atoms with van der Waals surface area (Å²) in [6.07, 6.45) is 3.43. The van der Waals surface area contributed by atoms with E-state index in [4.69, 9.17) is 4.74 Å². The Morgan fingerprint density at radius 2 is 2.13 bits per heavy atom. The molecule has 1 fully saturated rings. The fourth-order valence-corrected chi connectivity index (χ4v) is 3.93. The van der Waals surface area contributed by atoms with E-state index in [-0.39, 0.29) is 0 Å². The maximum Gasteiger partial charge on any atom is 0.208 e. The van der Waals surface area contributed by atoms with Crippen LogP contribution >= 0.6 is 11.3 Å². The van der Waals surface area contributed by atoms with Gasteiger partial charge in [0.25, 0.3) is 0 Å². The van der Waals surface area contributed by atoms with E-state index in [0.29, 0.717) is 12.6 Å². The zero-order chi connectivity index (χ0) is 15.8. The summed E-state index contributed by atoms with van der Waals surface area (Å²) in [6.45, 7) is 2.42. The zero-order valence-corrected chi connectivity index (χ0v) is 14.2. The van der Waals surface area contributed by atoms with E-state index in [9.17, 15) is 0 Å². The maximum absolute atomic E-state index is 5.10. The van der Waals surface area contributed by atoms with E-state index in [1.807, 2.05) is 0 Å². The number of likely N-dealkylation sites (N-methyl/N-ethyl adjacent to an activating group) is 1. The van der Waals surface area contributed by atoms with Crippen LogP contribution in [0.15, 0.2) is 6.07 Å². The van der Waals surface area contributed by atoms with Crippen molar-refractivity contribution in [3.8, 4) is 0 Å². The second-order valence-electron chi connectivity index (χ2n) is 6.11. The van der Waals surface area contributed by atoms with Gasteiger partial charge in [0.2, 0.25) is 5.13 Å². The molecule has 0 saturated carbocycles. The third-order valence-corrected chi connectivity index (χ3v) is 5.55. The summed E-state index contributed by atoms with van der Waals surface area (Å²) in [4.78, 5) is 4.48. The monoisotopic (exact) mass is 332 g/mol. The molecule has 0 atom stereocenters. The van der Waals surface area contributed by atoms with Crippen molar-refractivity contribution in [2.24, 2.45) is 0 Å². The topological polar surface area (TPSA) is 67.3 Å². The third-order valence-electron chi connectivity index (χ3n) is 4.57. The van der Waals surface area contributed by atoms with Crippen molar-refractivity contribution in [1.82, 2.24) is 20.4 Å². The van der Waals surface area contributed by atoms with Gasteiger partial charge in [0.15, 0.2) is 5.82 Å². The predicted molar refractivity (Wildman–Crippen MR) is 89.1 cm³/mol. The number of methoxy groups -OCH3 is 1. The molecule has 2 aromatic heterocycles. The van der Waals surface area contributed by atoms with E-state index in [0.717, 1.165) is 41.9 Å². The number of hydrogen-bond acceptors (Lipinski definition) is 8. The Kier molecular flexibility index (Phi) is 3.86. The molecule has 8 heteroatoms. The van der Waals surface area contributed by atoms with Crippen LogP contribution in [0.4, 0.5) is 10.9 Å². The van der Waals surface area contributed by atoms with Crippen molar-refractivity contribution in [3.05, 3.63) is 22.3 Å². The summed E-state index contributed by atoms with van der Waals surface area (Å²) in [5, 5.41) is 19.0. The average Bonchev–Trinajstić information content (AvgIpc) is 3.14. The Labute approximate surface area is 139 Å². The minimum absolute atomic E-state index is 0.438. The van der Waals surface area contributed by atoms with Gasteiger partial charge in [0.05, 0.1) is 11.7 Å². The van der Waals surface area contributed by atoms with Gasteiger partial charge >= 0.3 is 0 Å². The lowest BCUT2D eigenvalue weighted by molar-refractivity contribution is 0.184. The van der Waals surface area contributed by atoms with Crippen LogP contribution in [0.2, 0.25) is 0 Å². The first kappa shape index (κ1) is 14.8. The van der Waals surface area contributed by atoms with E-state index < -0.39 is 0 Å². The van der Waals surface area contributed by atoms with Gasteiger partial charge in [-0.1, -0.05) is 11.3 Å². The molecule has 1 saturated heterocycles. The molecule has 3 heterocycles. The number of aromatic nitrogens is 4. The van der Waals surface area contributed by atoms with Gasteiger partial charge < -0.3 is 14.5 Å². The van der Waals surface area contributed by atoms with Crippen LogP contribution < -0.4 is 9.80 Å². The van der Waals surface area contributed by atoms with Crippen LogP contribution in [0.5, 0.6) is 0 Å². The molecule has 0 spiro atoms. The largest absolute Gasteiger partial charge is 0.377 e. The lowest BCUT2D eigenvalue weighted by Gasteiger charge is -2.44. The summed E-state index contributed by atoms with van der Waals surface area (Å²) in [5.41, 5.74) is 2.56. The molecule has 0 radical (unpaired) electrons. The molecule has 0 N–H and O–H groups in total. The van der Waals surface area contributed by atoms with Gasteiger partial charge in [-0.05, 0) is 30.9 Å². The highest BCUT2D eigenvalue weighted by Crippen LogP contribution is 2.29. The number of anilines is 2. The first-order valence-electron chi connectivity index (χ1n) is 7.89. The second kappa shape index (κ2) is 6.01. The Morgan fingerprint density at radius 3 is 2.96 bits per heavy atom. The molecule has 0 amide bonds. The predicted octanol–water partition coefficient (Wildman–Crippen LogP) is 1.29. The number of hydrogen-bond donors (Lipinski definition) is 0. The molecular weight excluding hydrogens is 312 g/mol. The lowest BCUT2D eigenvalue weighted by Crippen LogP contribution is -2.59. The lowest BCUT2D eigenvalue weighted by atomic mass is 10.1. The molecule has 23 heavy (non-hydrogen) atoms. The Hall–Kier alpha value is -1.80. The number of nitrogens with zero attached hydrogens (tertiary/aromatic N) is 6. The van der Waals surface area contributed by atoms with E-state index in [2.05, 4.69) is 43.3 Å². The van der Waals surface area contributed by atoms with Crippen molar-refractivity contribution in [2.45, 2.75) is 31.9 Å². The smallest absolute Gasteiger partial charge is 0.208 e. The highest BCUT2D eigenvalue weighted by atomic mass is 32.1. The number of ether oxygens (including phenoxy) is 1. The first-order valence-corrected chi connectivity index (χ1v) is 8.71. The molecule has 2 aromatic rings. The van der Waals surface area contributed by atoms with Crippen molar-refractivity contribution >= 4 is 22.3 Å². The number of rotatable bonds is 5. The van der Waals surface area contributed by atoms with Gasteiger partial charge in [-0.2, -0.15) is 5.10 Å². The Morgan fingerprint density at radius 1 is 1.26 bits per heavy atom. The van der Waals surface area contributed by atoms with Crippen LogP contribution in [-0.4, -0.2) is 53.7 Å². The fourth-order valence-electron chi connectivity index (χ4n) is 3.08. The number of fused-ring (bicyclic) bond motifs is 1. The van der Waals surface area contributed by atoms with Crippen molar-refractivity contribution in [1.29, 1.82) is 0 Å². The highest BCUT2D eigenvalue weighted by molar-refractivity contribution is 7.15. The van der Waals surface area contributed by atoms with Gasteiger partial charge in [-0.15, -0.1) is 15.3 Å². The molecule has 122 valence electrons. The Balaban J connectivity index is 1.38. The summed E-state index contributed by atoms with van der Waals surface area (Å²) in [6, 6.07) is 2.65. The molecule has 2 aliphatic rings. The van der Waals surface area contributed by atoms with Crippen molar-refractivity contribution in [2.75, 3.05) is 37.0 Å². The van der Waals surface area contributed by atoms with Gasteiger partial charge in [0, 0.05) is 27.2 Å². The van der Waals surface area contributed by atoms with E-state index in [1.165, 1.54) is 17.7 Å². The summed E-state index contributed by atoms with van der Waals surface area (Å²) in [5.74, 6) is 1.01. The van der Waals surface area contributed by atoms with Crippen LogP contribution in [0.1, 0.15) is 22.7 Å². The van der Waals surface area contributed by atoms with Crippen LogP contribution in [-0.2, 0) is 24.2 Å². The average molecular weight is 332 g/mol. The normalized spacial score (nSPS) is 17.2. The molecule has 0 bridgehead atoms. The minimum Gasteiger partial charge on any atom is -0.377 e. The minimum atomic E-state index is 0.438. The van der Waals surface area contributed by atoms with Gasteiger partial charge in [0.1, 0.15) is 11.6 Å². The standard InChI is InChI=1S/C15H20N6OS/c1-20(15-19-18-14(23-15)9-22-2)11-7-21(8-11)13-6-10-4-3-5-12(10)16-17-13/h6,11H,3-5,7-9H2,1-2H3. The molecular formula is C15H20N6OS. The second-order valence-corrected chi connectivity index (χ2v) is 7.15. The van der Waals surface area contributed by atoms with Gasteiger partial charge in [-0.3, -0.25) is 0 Å². The quantitative estimate of drug-likeness (QED) is 0.817. The number of aryl methyl sites for hydroxylation is 2. The van der Waals surface area contributed by atoms with Crippen LogP contribution in [0.25, 0.3) is 0 Å². The van der Waals surface area contributed by atoms with E-state index >= 15 is 0 Å². The zero-order valence-electron chi connectivity index (χ0n) is 13.4. The van der Waals surface area contributed by atoms with Gasteiger partial charge in [-0.25, -0.2) is 0 Å². The summed E-state index contributed by atoms with van der Waals surface area (Å²) in [7, 11) is 3.75. The van der Waals surface area contributed by atoms with Crippen molar-refractivity contribution < 1.29 is 4.74 Å². The molecule has 1 aliphatic heterocycles. The molecule has 0 aromatic carbocycles. The van der Waals surface area contributed by atoms with E-state index in [1.54, 1.807) is 18.4 Å². The fraction of sp³-hybridized carbons (Fsp3) is 0.600. The first-order chi connectivity index (χ1) is 11.2. The SMILES string of the molecule is COCc1nnc(N(C)C2CN(c3cc4c(nn3)CCC4)C2)s1. The van der Waals surface area contributed by atoms with Crippen molar-refractivity contribution in [3.63, 3.8) is 0 Å². The highest BCUT2D eigenvalue weighted by Gasteiger charge is 2.33. The summed E-state index contributed by atoms with van der Waals surface area (Å²) >= 11 is 1.59. The van der Waals surface area contributed by atoms with Crippen LogP contribution in [0.3, 0.4) is 0 Å².